The monoisotopic (exact) mass is 866 g/mol. The lowest BCUT2D eigenvalue weighted by Gasteiger charge is -2.38. The molecule has 1 saturated heterocycles. The number of ether oxygens (including phenoxy) is 2. The van der Waals surface area contributed by atoms with Gasteiger partial charge in [-0.3, -0.25) is 9.69 Å². The Morgan fingerprint density at radius 1 is 1.29 bits per heavy atom. The number of sulfonamides is 1. The first kappa shape index (κ1) is 36.2. The fourth-order valence-electron chi connectivity index (χ4n) is 5.58. The second-order valence-electron chi connectivity index (χ2n) is 13.1. The highest BCUT2D eigenvalue weighted by atomic mass is 127. The first-order valence-corrected chi connectivity index (χ1v) is 19.0. The zero-order chi connectivity index (χ0) is 33.3. The van der Waals surface area contributed by atoms with E-state index in [2.05, 4.69) is 110 Å². The van der Waals surface area contributed by atoms with Crippen LogP contribution in [0.2, 0.25) is 0 Å². The van der Waals surface area contributed by atoms with Crippen LogP contribution in [0.5, 0.6) is 5.88 Å². The molecule has 0 radical (unpaired) electrons. The average molecular weight is 867 g/mol. The SMILES string of the molecule is COC1=C(NC(=O)[C@@]2(I)C=C(Oc3ccnc(CN4CCC(N(C)C)C4)n3)C(C)=CC2)C=C(C(C)(C)C)[C@@H](I)C1NS(C)(=O)=O. The molecule has 0 aromatic carbocycles. The number of carbonyl (C=O) groups is 1. The third-order valence-corrected chi connectivity index (χ3v) is 11.5. The molecule has 0 spiro atoms. The molecule has 45 heavy (non-hydrogen) atoms. The van der Waals surface area contributed by atoms with Crippen molar-refractivity contribution in [3.05, 3.63) is 64.7 Å². The zero-order valence-electron chi connectivity index (χ0n) is 27.1. The lowest BCUT2D eigenvalue weighted by atomic mass is 9.79. The van der Waals surface area contributed by atoms with Crippen LogP contribution < -0.4 is 14.8 Å². The first-order chi connectivity index (χ1) is 20.9. The third-order valence-electron chi connectivity index (χ3n) is 8.18. The number of methoxy groups -OCH3 is 1. The van der Waals surface area contributed by atoms with Gasteiger partial charge in [0.05, 0.1) is 35.6 Å². The molecule has 0 saturated carbocycles. The number of nitrogens with one attached hydrogen (secondary N) is 2. The summed E-state index contributed by atoms with van der Waals surface area (Å²) >= 11 is 4.38. The van der Waals surface area contributed by atoms with E-state index in [0.717, 1.165) is 36.9 Å². The molecule has 4 rings (SSSR count). The van der Waals surface area contributed by atoms with E-state index in [-0.39, 0.29) is 15.2 Å². The maximum Gasteiger partial charge on any atom is 0.244 e. The van der Waals surface area contributed by atoms with E-state index in [1.807, 2.05) is 25.2 Å². The number of hydrogen-bond donors (Lipinski definition) is 2. The Morgan fingerprint density at radius 3 is 2.60 bits per heavy atom. The maximum atomic E-state index is 14.0. The van der Waals surface area contributed by atoms with Crippen LogP contribution >= 0.6 is 45.2 Å². The number of amides is 1. The molecule has 14 heteroatoms. The molecule has 4 atom stereocenters. The van der Waals surface area contributed by atoms with Gasteiger partial charge in [0, 0.05) is 31.4 Å². The van der Waals surface area contributed by atoms with E-state index < -0.39 is 19.5 Å². The highest BCUT2D eigenvalue weighted by molar-refractivity contribution is 14.1. The van der Waals surface area contributed by atoms with Crippen molar-refractivity contribution in [3.63, 3.8) is 0 Å². The number of alkyl halides is 2. The molecule has 3 aliphatic rings. The number of rotatable bonds is 10. The van der Waals surface area contributed by atoms with E-state index in [4.69, 9.17) is 9.47 Å². The van der Waals surface area contributed by atoms with Gasteiger partial charge in [0.2, 0.25) is 21.8 Å². The Hall–Kier alpha value is -1.60. The van der Waals surface area contributed by atoms with Crippen molar-refractivity contribution < 1.29 is 22.7 Å². The molecule has 1 aromatic heterocycles. The largest absolute Gasteiger partial charge is 0.497 e. The summed E-state index contributed by atoms with van der Waals surface area (Å²) in [6, 6.07) is 1.56. The molecule has 1 aromatic rings. The summed E-state index contributed by atoms with van der Waals surface area (Å²) in [6.45, 7) is 10.7. The van der Waals surface area contributed by atoms with Crippen LogP contribution in [0.3, 0.4) is 0 Å². The Kier molecular flexibility index (Phi) is 11.5. The molecular formula is C31H44I2N6O5S. The highest BCUT2D eigenvalue weighted by Crippen LogP contribution is 2.41. The minimum atomic E-state index is -3.57. The van der Waals surface area contributed by atoms with Crippen LogP contribution in [0.1, 0.15) is 46.4 Å². The Labute approximate surface area is 294 Å². The summed E-state index contributed by atoms with van der Waals surface area (Å²) in [5.74, 6) is 1.73. The minimum Gasteiger partial charge on any atom is -0.497 e. The summed E-state index contributed by atoms with van der Waals surface area (Å²) in [5.41, 5.74) is 2.02. The van der Waals surface area contributed by atoms with Crippen molar-refractivity contribution in [2.75, 3.05) is 40.6 Å². The number of nitrogens with zero attached hydrogens (tertiary/aromatic N) is 4. The molecule has 2 aliphatic carbocycles. The van der Waals surface area contributed by atoms with Crippen molar-refractivity contribution in [2.24, 2.45) is 5.41 Å². The van der Waals surface area contributed by atoms with Crippen LogP contribution in [0, 0.1) is 5.41 Å². The van der Waals surface area contributed by atoms with Crippen molar-refractivity contribution in [2.45, 2.75) is 66.5 Å². The van der Waals surface area contributed by atoms with Crippen LogP contribution in [-0.4, -0.2) is 94.1 Å². The summed E-state index contributed by atoms with van der Waals surface area (Å²) < 4.78 is 38.1. The number of hydrogen-bond acceptors (Lipinski definition) is 9. The van der Waals surface area contributed by atoms with Crippen LogP contribution in [0.4, 0.5) is 0 Å². The lowest BCUT2D eigenvalue weighted by Crippen LogP contribution is -2.49. The van der Waals surface area contributed by atoms with Gasteiger partial charge in [0.1, 0.15) is 20.8 Å². The van der Waals surface area contributed by atoms with Gasteiger partial charge >= 0.3 is 0 Å². The molecule has 2 heterocycles. The van der Waals surface area contributed by atoms with E-state index >= 15 is 0 Å². The molecule has 248 valence electrons. The van der Waals surface area contributed by atoms with Gasteiger partial charge in [0.25, 0.3) is 0 Å². The minimum absolute atomic E-state index is 0.223. The lowest BCUT2D eigenvalue weighted by molar-refractivity contribution is -0.121. The van der Waals surface area contributed by atoms with Gasteiger partial charge in [-0.05, 0) is 62.6 Å². The molecule has 1 aliphatic heterocycles. The molecule has 11 nitrogen and oxygen atoms in total. The molecule has 2 N–H and O–H groups in total. The second-order valence-corrected chi connectivity index (χ2v) is 18.1. The second kappa shape index (κ2) is 14.3. The standard InChI is InChI=1S/C31H44I2N6O5S/c1-19-9-12-31(33,16-23(19)44-25-10-13-34-24(36-25)18-39-14-11-20(17-39)38(5)6)29(40)35-22-15-21(30(2,3)4)26(32)27(28(22)43-7)37-45(8,41)42/h9-10,13,15-16,20,26-27,37H,11-12,14,17-18H2,1-8H3,(H,35,40)/t20?,26-,27?,31+/m1/s1. The number of likely N-dealkylation sites (tertiary alicyclic amines) is 1. The van der Waals surface area contributed by atoms with Gasteiger partial charge in [-0.2, -0.15) is 4.98 Å². The predicted octanol–water partition coefficient (Wildman–Crippen LogP) is 4.08. The number of halogens is 2. The third kappa shape index (κ3) is 9.06. The first-order valence-electron chi connectivity index (χ1n) is 14.8. The van der Waals surface area contributed by atoms with Crippen LogP contribution in [-0.2, 0) is 26.1 Å². The van der Waals surface area contributed by atoms with Crippen molar-refractivity contribution in [1.82, 2.24) is 29.8 Å². The number of aromatic nitrogens is 2. The summed E-state index contributed by atoms with van der Waals surface area (Å²) in [4.78, 5) is 27.7. The molecule has 1 amide bonds. The molecule has 0 bridgehead atoms. The summed E-state index contributed by atoms with van der Waals surface area (Å²) in [5, 5.41) is 3.06. The maximum absolute atomic E-state index is 14.0. The number of carbonyl (C=O) groups excluding carboxylic acids is 1. The predicted molar refractivity (Wildman–Crippen MR) is 193 cm³/mol. The fraction of sp³-hybridized carbons (Fsp3) is 0.581. The smallest absolute Gasteiger partial charge is 0.244 e. The van der Waals surface area contributed by atoms with Crippen molar-refractivity contribution >= 4 is 61.1 Å². The number of likely N-dealkylation sites (N-methyl/N-ethyl adjacent to an activating group) is 1. The average Bonchev–Trinajstić information content (AvgIpc) is 3.40. The Balaban J connectivity index is 1.57. The van der Waals surface area contributed by atoms with E-state index in [1.165, 1.54) is 7.11 Å². The Morgan fingerprint density at radius 2 is 2.00 bits per heavy atom. The summed E-state index contributed by atoms with van der Waals surface area (Å²) in [7, 11) is 2.13. The van der Waals surface area contributed by atoms with Crippen LogP contribution in [0.15, 0.2) is 58.9 Å². The van der Waals surface area contributed by atoms with E-state index in [9.17, 15) is 13.2 Å². The normalized spacial score (nSPS) is 26.4. The van der Waals surface area contributed by atoms with E-state index in [1.54, 1.807) is 12.3 Å². The topological polar surface area (TPSA) is 126 Å². The summed E-state index contributed by atoms with van der Waals surface area (Å²) in [6.07, 6.45) is 10.1. The van der Waals surface area contributed by atoms with Crippen molar-refractivity contribution in [1.29, 1.82) is 0 Å². The molecule has 1 fully saturated rings. The Bertz CT molecular complexity index is 1530. The quantitative estimate of drug-likeness (QED) is 0.265. The van der Waals surface area contributed by atoms with Gasteiger partial charge in [-0.15, -0.1) is 0 Å². The number of allylic oxidation sites excluding steroid dienone is 3. The fourth-order valence-corrected chi connectivity index (χ4v) is 8.78. The van der Waals surface area contributed by atoms with Gasteiger partial charge in [0.15, 0.2) is 0 Å². The molecule has 2 unspecified atom stereocenters. The highest BCUT2D eigenvalue weighted by Gasteiger charge is 2.42. The zero-order valence-corrected chi connectivity index (χ0v) is 32.3. The van der Waals surface area contributed by atoms with E-state index in [0.29, 0.717) is 47.9 Å². The van der Waals surface area contributed by atoms with Crippen molar-refractivity contribution in [3.8, 4) is 5.88 Å². The van der Waals surface area contributed by atoms with Crippen LogP contribution in [0.25, 0.3) is 0 Å². The van der Waals surface area contributed by atoms with Gasteiger partial charge < -0.3 is 19.7 Å². The van der Waals surface area contributed by atoms with Gasteiger partial charge in [-0.1, -0.05) is 72.0 Å². The molecular weight excluding hydrogens is 822 g/mol. The van der Waals surface area contributed by atoms with Gasteiger partial charge in [-0.25, -0.2) is 18.1 Å².